The fraction of sp³-hybridized carbons (Fsp3) is 0.538. The van der Waals surface area contributed by atoms with E-state index in [0.29, 0.717) is 10.4 Å². The van der Waals surface area contributed by atoms with Gasteiger partial charge in [0.25, 0.3) is 0 Å². The molecule has 1 aromatic rings. The first-order valence-electron chi connectivity index (χ1n) is 5.89. The molecular formula is C13H17N3S. The van der Waals surface area contributed by atoms with Crippen LogP contribution in [-0.4, -0.2) is 22.5 Å². The maximum Gasteiger partial charge on any atom is 0.144 e. The lowest BCUT2D eigenvalue weighted by Gasteiger charge is -2.40. The minimum absolute atomic E-state index is 0.439. The quantitative estimate of drug-likeness (QED) is 0.867. The second-order valence-corrected chi connectivity index (χ2v) is 5.74. The van der Waals surface area contributed by atoms with Crippen molar-refractivity contribution >= 4 is 11.8 Å². The average Bonchev–Trinajstić information content (AvgIpc) is 2.33. The molecule has 1 N–H and O–H groups in total. The number of hydrogen-bond donors (Lipinski definition) is 1. The van der Waals surface area contributed by atoms with Crippen molar-refractivity contribution in [1.29, 1.82) is 5.26 Å². The molecule has 0 aromatic carbocycles. The molecule has 1 heterocycles. The summed E-state index contributed by atoms with van der Waals surface area (Å²) in [5.74, 6) is 0. The van der Waals surface area contributed by atoms with E-state index in [4.69, 9.17) is 5.26 Å². The van der Waals surface area contributed by atoms with Crippen molar-refractivity contribution in [3.8, 4) is 6.07 Å². The summed E-state index contributed by atoms with van der Waals surface area (Å²) in [6, 6.07) is 5.97. The van der Waals surface area contributed by atoms with E-state index >= 15 is 0 Å². The van der Waals surface area contributed by atoms with Gasteiger partial charge < -0.3 is 5.32 Å². The summed E-state index contributed by atoms with van der Waals surface area (Å²) in [6.07, 6.45) is 7.81. The molecule has 1 saturated carbocycles. The fourth-order valence-electron chi connectivity index (χ4n) is 2.13. The number of thioether (sulfide) groups is 1. The predicted octanol–water partition coefficient (Wildman–Crippen LogP) is 2.33. The molecule has 1 aliphatic rings. The number of nitrogens with zero attached hydrogens (tertiary/aromatic N) is 2. The molecule has 1 aliphatic carbocycles. The highest BCUT2D eigenvalue weighted by atomic mass is 32.2. The third-order valence-corrected chi connectivity index (χ3v) is 4.88. The van der Waals surface area contributed by atoms with Crippen molar-refractivity contribution in [1.82, 2.24) is 10.3 Å². The molecule has 0 bridgehead atoms. The van der Waals surface area contributed by atoms with Crippen molar-refractivity contribution in [3.63, 3.8) is 0 Å². The highest BCUT2D eigenvalue weighted by Gasteiger charge is 2.35. The van der Waals surface area contributed by atoms with Crippen molar-refractivity contribution in [2.24, 2.45) is 0 Å². The molecule has 0 radical (unpaired) electrons. The van der Waals surface area contributed by atoms with Crippen LogP contribution in [0.1, 0.15) is 30.5 Å². The summed E-state index contributed by atoms with van der Waals surface area (Å²) in [5.41, 5.74) is 1.53. The van der Waals surface area contributed by atoms with Gasteiger partial charge in [-0.3, -0.25) is 0 Å². The Morgan fingerprint density at radius 3 is 3.00 bits per heavy atom. The van der Waals surface area contributed by atoms with Crippen LogP contribution in [0.5, 0.6) is 0 Å². The smallest absolute Gasteiger partial charge is 0.144 e. The summed E-state index contributed by atoms with van der Waals surface area (Å²) in [7, 11) is 0. The maximum atomic E-state index is 8.94. The molecule has 2 rings (SSSR count). The highest BCUT2D eigenvalue weighted by Crippen LogP contribution is 2.42. The molecule has 1 aromatic heterocycles. The van der Waals surface area contributed by atoms with E-state index in [9.17, 15) is 0 Å². The topological polar surface area (TPSA) is 48.7 Å². The Kier molecular flexibility index (Phi) is 4.03. The van der Waals surface area contributed by atoms with Gasteiger partial charge in [0, 0.05) is 29.6 Å². The van der Waals surface area contributed by atoms with Crippen LogP contribution in [0.4, 0.5) is 0 Å². The lowest BCUT2D eigenvalue weighted by Crippen LogP contribution is -2.43. The van der Waals surface area contributed by atoms with E-state index < -0.39 is 0 Å². The molecular weight excluding hydrogens is 230 g/mol. The summed E-state index contributed by atoms with van der Waals surface area (Å²) in [5, 5.41) is 12.4. The maximum absolute atomic E-state index is 8.94. The Bertz CT molecular complexity index is 415. The number of hydrogen-bond acceptors (Lipinski definition) is 4. The molecule has 0 saturated heterocycles. The predicted molar refractivity (Wildman–Crippen MR) is 70.8 cm³/mol. The average molecular weight is 247 g/mol. The van der Waals surface area contributed by atoms with Crippen molar-refractivity contribution in [2.75, 3.05) is 12.8 Å². The molecule has 0 amide bonds. The second-order valence-electron chi connectivity index (χ2n) is 4.47. The van der Waals surface area contributed by atoms with E-state index in [0.717, 1.165) is 18.7 Å². The van der Waals surface area contributed by atoms with E-state index in [1.807, 2.05) is 23.9 Å². The van der Waals surface area contributed by atoms with Crippen molar-refractivity contribution in [3.05, 3.63) is 29.6 Å². The third kappa shape index (κ3) is 2.80. The first-order chi connectivity index (χ1) is 8.29. The van der Waals surface area contributed by atoms with Gasteiger partial charge in [0.15, 0.2) is 0 Å². The fourth-order valence-corrected chi connectivity index (χ4v) is 3.07. The van der Waals surface area contributed by atoms with Crippen molar-refractivity contribution < 1.29 is 0 Å². The van der Waals surface area contributed by atoms with E-state index in [1.54, 1.807) is 6.20 Å². The van der Waals surface area contributed by atoms with Crippen LogP contribution in [0.3, 0.4) is 0 Å². The van der Waals surface area contributed by atoms with Crippen LogP contribution in [0, 0.1) is 11.3 Å². The summed E-state index contributed by atoms with van der Waals surface area (Å²) in [6.45, 7) is 1.76. The number of nitrogens with one attached hydrogen (secondary N) is 1. The summed E-state index contributed by atoms with van der Waals surface area (Å²) in [4.78, 5) is 4.06. The Balaban J connectivity index is 1.88. The van der Waals surface area contributed by atoms with Gasteiger partial charge in [-0.15, -0.1) is 0 Å². The number of nitriles is 1. The monoisotopic (exact) mass is 247 g/mol. The number of pyridine rings is 1. The third-order valence-electron chi connectivity index (χ3n) is 3.46. The molecule has 3 nitrogen and oxygen atoms in total. The molecule has 0 atom stereocenters. The molecule has 0 spiro atoms. The van der Waals surface area contributed by atoms with Gasteiger partial charge in [0.1, 0.15) is 11.8 Å². The Morgan fingerprint density at radius 2 is 2.41 bits per heavy atom. The largest absolute Gasteiger partial charge is 0.311 e. The molecule has 0 unspecified atom stereocenters. The zero-order chi connectivity index (χ0) is 12.1. The minimum Gasteiger partial charge on any atom is -0.311 e. The van der Waals surface area contributed by atoms with Crippen LogP contribution in [0.2, 0.25) is 0 Å². The van der Waals surface area contributed by atoms with E-state index in [2.05, 4.69) is 22.6 Å². The van der Waals surface area contributed by atoms with E-state index in [-0.39, 0.29) is 0 Å². The normalized spacial score (nSPS) is 17.2. The Labute approximate surface area is 107 Å². The van der Waals surface area contributed by atoms with Gasteiger partial charge in [0.2, 0.25) is 0 Å². The summed E-state index contributed by atoms with van der Waals surface area (Å²) < 4.78 is 0.439. The van der Waals surface area contributed by atoms with E-state index in [1.165, 1.54) is 19.3 Å². The SMILES string of the molecule is CSC1(CNCc2cccnc2C#N)CCC1. The molecule has 4 heteroatoms. The number of aromatic nitrogens is 1. The zero-order valence-corrected chi connectivity index (χ0v) is 10.9. The van der Waals surface area contributed by atoms with Crippen LogP contribution >= 0.6 is 11.8 Å². The number of rotatable bonds is 5. The highest BCUT2D eigenvalue weighted by molar-refractivity contribution is 8.00. The molecule has 1 fully saturated rings. The first-order valence-corrected chi connectivity index (χ1v) is 7.12. The van der Waals surface area contributed by atoms with Gasteiger partial charge in [-0.1, -0.05) is 12.5 Å². The molecule has 90 valence electrons. The lowest BCUT2D eigenvalue weighted by molar-refractivity contribution is 0.345. The van der Waals surface area contributed by atoms with Gasteiger partial charge in [0.05, 0.1) is 0 Å². The van der Waals surface area contributed by atoms with Crippen LogP contribution in [0.25, 0.3) is 0 Å². The first kappa shape index (κ1) is 12.4. The van der Waals surface area contributed by atoms with Crippen molar-refractivity contribution in [2.45, 2.75) is 30.6 Å². The zero-order valence-electron chi connectivity index (χ0n) is 10.1. The minimum atomic E-state index is 0.439. The molecule has 17 heavy (non-hydrogen) atoms. The van der Waals surface area contributed by atoms with Crippen LogP contribution in [-0.2, 0) is 6.54 Å². The second kappa shape index (κ2) is 5.52. The van der Waals surface area contributed by atoms with Gasteiger partial charge in [-0.25, -0.2) is 4.98 Å². The van der Waals surface area contributed by atoms with Crippen LogP contribution in [0.15, 0.2) is 18.3 Å². The van der Waals surface area contributed by atoms with Crippen LogP contribution < -0.4 is 5.32 Å². The lowest BCUT2D eigenvalue weighted by atomic mass is 9.84. The molecule has 0 aliphatic heterocycles. The van der Waals surface area contributed by atoms with Gasteiger partial charge in [-0.05, 0) is 25.2 Å². The van der Waals surface area contributed by atoms with Gasteiger partial charge in [-0.2, -0.15) is 17.0 Å². The Morgan fingerprint density at radius 1 is 1.59 bits per heavy atom. The van der Waals surface area contributed by atoms with Gasteiger partial charge >= 0.3 is 0 Å². The summed E-state index contributed by atoms with van der Waals surface area (Å²) >= 11 is 1.96. The Hall–Kier alpha value is -1.05. The standard InChI is InChI=1S/C13H17N3S/c1-17-13(5-3-6-13)10-15-9-11-4-2-7-16-12(11)8-14/h2,4,7,15H,3,5-6,9-10H2,1H3.